The highest BCUT2D eigenvalue weighted by Crippen LogP contribution is 2.21. The summed E-state index contributed by atoms with van der Waals surface area (Å²) >= 11 is 0. The van der Waals surface area contributed by atoms with E-state index in [4.69, 9.17) is 13.7 Å². The van der Waals surface area contributed by atoms with E-state index in [1.165, 1.54) is 0 Å². The van der Waals surface area contributed by atoms with Crippen LogP contribution in [0.2, 0.25) is 0 Å². The molecule has 0 spiro atoms. The van der Waals surface area contributed by atoms with Gasteiger partial charge in [-0.2, -0.15) is 8.42 Å². The zero-order chi connectivity index (χ0) is 12.3. The third-order valence-electron chi connectivity index (χ3n) is 2.25. The number of benzene rings is 1. The smallest absolute Gasteiger partial charge is 0.264 e. The fourth-order valence-corrected chi connectivity index (χ4v) is 1.73. The molecule has 6 heteroatoms. The monoisotopic (exact) mass is 258 g/mol. The summed E-state index contributed by atoms with van der Waals surface area (Å²) in [6, 6.07) is 9.17. The summed E-state index contributed by atoms with van der Waals surface area (Å²) in [7, 11) is -3.45. The third kappa shape index (κ3) is 4.33. The van der Waals surface area contributed by atoms with E-state index in [2.05, 4.69) is 0 Å². The van der Waals surface area contributed by atoms with Crippen molar-refractivity contribution in [2.45, 2.75) is 12.2 Å². The standard InChI is InChI=1S/C11H14O5S/c1-17(12,13)15-8-11(10-7-14-10)16-9-5-3-2-4-6-9/h2-6,10-11H,7-8H2,1H3/t10-,11+/m0/s1. The molecule has 1 aliphatic rings. The van der Waals surface area contributed by atoms with Crippen LogP contribution < -0.4 is 4.74 Å². The molecule has 2 rings (SSSR count). The fraction of sp³-hybridized carbons (Fsp3) is 0.455. The van der Waals surface area contributed by atoms with Gasteiger partial charge in [0, 0.05) is 0 Å². The van der Waals surface area contributed by atoms with E-state index in [9.17, 15) is 8.42 Å². The fourth-order valence-electron chi connectivity index (χ4n) is 1.35. The molecule has 5 nitrogen and oxygen atoms in total. The Labute approximate surface area is 100 Å². The maximum absolute atomic E-state index is 10.9. The number of hydrogen-bond acceptors (Lipinski definition) is 5. The molecular formula is C11H14O5S. The highest BCUT2D eigenvalue weighted by atomic mass is 32.2. The average molecular weight is 258 g/mol. The highest BCUT2D eigenvalue weighted by Gasteiger charge is 2.35. The van der Waals surface area contributed by atoms with E-state index in [-0.39, 0.29) is 12.7 Å². The molecule has 0 saturated carbocycles. The Morgan fingerprint density at radius 3 is 2.59 bits per heavy atom. The molecule has 0 N–H and O–H groups in total. The van der Waals surface area contributed by atoms with Gasteiger partial charge in [0.2, 0.25) is 0 Å². The van der Waals surface area contributed by atoms with E-state index >= 15 is 0 Å². The minimum atomic E-state index is -3.45. The summed E-state index contributed by atoms with van der Waals surface area (Å²) in [6.07, 6.45) is 0.532. The molecule has 2 atom stereocenters. The Kier molecular flexibility index (Phi) is 3.66. The Bertz CT molecular complexity index is 452. The maximum atomic E-state index is 10.9. The van der Waals surface area contributed by atoms with Crippen molar-refractivity contribution in [1.29, 1.82) is 0 Å². The van der Waals surface area contributed by atoms with Crippen LogP contribution in [0.3, 0.4) is 0 Å². The lowest BCUT2D eigenvalue weighted by atomic mass is 10.3. The van der Waals surface area contributed by atoms with E-state index < -0.39 is 16.2 Å². The molecule has 0 amide bonds. The highest BCUT2D eigenvalue weighted by molar-refractivity contribution is 7.85. The third-order valence-corrected chi connectivity index (χ3v) is 2.82. The van der Waals surface area contributed by atoms with Crippen LogP contribution in [0.25, 0.3) is 0 Å². The summed E-state index contributed by atoms with van der Waals surface area (Å²) < 4.78 is 37.3. The molecule has 0 aromatic heterocycles. The van der Waals surface area contributed by atoms with Gasteiger partial charge in [-0.3, -0.25) is 4.18 Å². The van der Waals surface area contributed by atoms with Gasteiger partial charge in [0.25, 0.3) is 10.1 Å². The number of rotatable bonds is 6. The minimum absolute atomic E-state index is 0.0294. The van der Waals surface area contributed by atoms with E-state index in [1.54, 1.807) is 12.1 Å². The largest absolute Gasteiger partial charge is 0.485 e. The van der Waals surface area contributed by atoms with Gasteiger partial charge in [-0.05, 0) is 12.1 Å². The quantitative estimate of drug-likeness (QED) is 0.558. The van der Waals surface area contributed by atoms with Gasteiger partial charge in [0.1, 0.15) is 18.5 Å². The van der Waals surface area contributed by atoms with E-state index in [1.807, 2.05) is 18.2 Å². The van der Waals surface area contributed by atoms with Crippen molar-refractivity contribution in [1.82, 2.24) is 0 Å². The van der Waals surface area contributed by atoms with Crippen molar-refractivity contribution < 1.29 is 22.1 Å². The molecule has 0 unspecified atom stereocenters. The summed E-state index contributed by atoms with van der Waals surface area (Å²) in [4.78, 5) is 0. The van der Waals surface area contributed by atoms with Crippen LogP contribution in [-0.2, 0) is 19.0 Å². The molecular weight excluding hydrogens is 244 g/mol. The van der Waals surface area contributed by atoms with Gasteiger partial charge in [-0.25, -0.2) is 0 Å². The van der Waals surface area contributed by atoms with Gasteiger partial charge in [0.05, 0.1) is 12.9 Å². The molecule has 1 aromatic carbocycles. The van der Waals surface area contributed by atoms with Gasteiger partial charge in [0.15, 0.2) is 6.10 Å². The molecule has 0 aliphatic carbocycles. The topological polar surface area (TPSA) is 65.1 Å². The van der Waals surface area contributed by atoms with Crippen molar-refractivity contribution in [3.63, 3.8) is 0 Å². The molecule has 0 bridgehead atoms. The Hall–Kier alpha value is -1.11. The molecule has 1 saturated heterocycles. The van der Waals surface area contributed by atoms with Crippen LogP contribution in [0.4, 0.5) is 0 Å². The van der Waals surface area contributed by atoms with Crippen LogP contribution in [0.5, 0.6) is 5.75 Å². The lowest BCUT2D eigenvalue weighted by Gasteiger charge is -2.16. The van der Waals surface area contributed by atoms with Gasteiger partial charge in [-0.1, -0.05) is 18.2 Å². The lowest BCUT2D eigenvalue weighted by molar-refractivity contribution is 0.104. The Morgan fingerprint density at radius 2 is 2.06 bits per heavy atom. The second kappa shape index (κ2) is 5.03. The predicted molar refractivity (Wildman–Crippen MR) is 61.4 cm³/mol. The minimum Gasteiger partial charge on any atom is -0.485 e. The lowest BCUT2D eigenvalue weighted by Crippen LogP contribution is -2.30. The van der Waals surface area contributed by atoms with Gasteiger partial charge < -0.3 is 9.47 Å². The number of hydrogen-bond donors (Lipinski definition) is 0. The zero-order valence-electron chi connectivity index (χ0n) is 9.41. The van der Waals surface area contributed by atoms with Crippen molar-refractivity contribution in [3.05, 3.63) is 30.3 Å². The SMILES string of the molecule is CS(=O)(=O)OC[C@@H](Oc1ccccc1)[C@@H]1CO1. The number of para-hydroxylation sites is 1. The summed E-state index contributed by atoms with van der Waals surface area (Å²) in [5.41, 5.74) is 0. The Balaban J connectivity index is 1.94. The second-order valence-corrected chi connectivity index (χ2v) is 5.47. The van der Waals surface area contributed by atoms with Crippen molar-refractivity contribution in [2.75, 3.05) is 19.5 Å². The van der Waals surface area contributed by atoms with Crippen LogP contribution in [-0.4, -0.2) is 40.1 Å². The van der Waals surface area contributed by atoms with Gasteiger partial charge in [-0.15, -0.1) is 0 Å². The van der Waals surface area contributed by atoms with E-state index in [0.29, 0.717) is 12.4 Å². The van der Waals surface area contributed by atoms with Crippen molar-refractivity contribution >= 4 is 10.1 Å². The number of ether oxygens (including phenoxy) is 2. The number of epoxide rings is 1. The normalized spacial score (nSPS) is 20.9. The predicted octanol–water partition coefficient (Wildman–Crippen LogP) is 0.809. The van der Waals surface area contributed by atoms with E-state index in [0.717, 1.165) is 6.26 Å². The summed E-state index contributed by atoms with van der Waals surface area (Å²) in [5, 5.41) is 0. The molecule has 1 aromatic rings. The van der Waals surface area contributed by atoms with Crippen LogP contribution in [0.15, 0.2) is 30.3 Å². The first-order chi connectivity index (χ1) is 8.04. The van der Waals surface area contributed by atoms with Crippen molar-refractivity contribution in [3.8, 4) is 5.75 Å². The molecule has 94 valence electrons. The van der Waals surface area contributed by atoms with Crippen LogP contribution in [0.1, 0.15) is 0 Å². The second-order valence-electron chi connectivity index (χ2n) is 3.83. The molecule has 1 fully saturated rings. The Morgan fingerprint density at radius 1 is 1.41 bits per heavy atom. The first-order valence-corrected chi connectivity index (χ1v) is 7.04. The zero-order valence-corrected chi connectivity index (χ0v) is 10.2. The summed E-state index contributed by atoms with van der Waals surface area (Å²) in [5.74, 6) is 0.671. The van der Waals surface area contributed by atoms with Gasteiger partial charge >= 0.3 is 0 Å². The molecule has 17 heavy (non-hydrogen) atoms. The summed E-state index contributed by atoms with van der Waals surface area (Å²) in [6.45, 7) is 0.545. The van der Waals surface area contributed by atoms with Crippen LogP contribution >= 0.6 is 0 Å². The van der Waals surface area contributed by atoms with Crippen LogP contribution in [0, 0.1) is 0 Å². The maximum Gasteiger partial charge on any atom is 0.264 e. The first kappa shape index (κ1) is 12.3. The molecule has 0 radical (unpaired) electrons. The first-order valence-electron chi connectivity index (χ1n) is 5.22. The van der Waals surface area contributed by atoms with Crippen molar-refractivity contribution in [2.24, 2.45) is 0 Å². The molecule has 1 heterocycles. The average Bonchev–Trinajstić information content (AvgIpc) is 3.08. The molecule has 1 aliphatic heterocycles.